The van der Waals surface area contributed by atoms with Crippen LogP contribution in [0.25, 0.3) is 0 Å². The fourth-order valence-corrected chi connectivity index (χ4v) is 2.64. The quantitative estimate of drug-likeness (QED) is 0.822. The number of aromatic nitrogens is 3. The minimum atomic E-state index is -0.328. The van der Waals surface area contributed by atoms with Crippen molar-refractivity contribution >= 4 is 28.3 Å². The lowest BCUT2D eigenvalue weighted by molar-refractivity contribution is -0.142. The molecule has 0 spiro atoms. The van der Waals surface area contributed by atoms with Gasteiger partial charge in [0.05, 0.1) is 24.4 Å². The number of nitrogens with one attached hydrogen (secondary N) is 1. The summed E-state index contributed by atoms with van der Waals surface area (Å²) < 4.78 is 6.50. The molecule has 118 valence electrons. The number of aryl methyl sites for hydroxylation is 2. The zero-order valence-corrected chi connectivity index (χ0v) is 13.6. The van der Waals surface area contributed by atoms with Crippen LogP contribution in [0, 0.1) is 6.92 Å². The number of rotatable bonds is 6. The zero-order valence-electron chi connectivity index (χ0n) is 12.8. The average molecular weight is 322 g/mol. The van der Waals surface area contributed by atoms with E-state index in [-0.39, 0.29) is 18.3 Å². The highest BCUT2D eigenvalue weighted by atomic mass is 32.1. The van der Waals surface area contributed by atoms with Crippen molar-refractivity contribution in [3.8, 4) is 0 Å². The highest BCUT2D eigenvalue weighted by Gasteiger charge is 2.15. The summed E-state index contributed by atoms with van der Waals surface area (Å²) >= 11 is 1.27. The van der Waals surface area contributed by atoms with Gasteiger partial charge in [-0.05, 0) is 26.8 Å². The third-order valence-electron chi connectivity index (χ3n) is 2.84. The van der Waals surface area contributed by atoms with E-state index in [2.05, 4.69) is 15.4 Å². The van der Waals surface area contributed by atoms with Gasteiger partial charge in [0.25, 0.3) is 5.91 Å². The minimum absolute atomic E-state index is 0.103. The third-order valence-corrected chi connectivity index (χ3v) is 3.64. The zero-order chi connectivity index (χ0) is 16.1. The maximum absolute atomic E-state index is 12.2. The average Bonchev–Trinajstić information content (AvgIpc) is 3.05. The number of hydrogen-bond acceptors (Lipinski definition) is 6. The standard InChI is InChI=1S/C14H18N4O3S/c1-4-18-11(6-9(3)17-18)13(20)16-14-15-10(8-22-14)7-12(19)21-5-2/h6,8H,4-5,7H2,1-3H3,(H,15,16,20). The van der Waals surface area contributed by atoms with Crippen LogP contribution in [0.4, 0.5) is 5.13 Å². The van der Waals surface area contributed by atoms with Crippen LogP contribution < -0.4 is 5.32 Å². The van der Waals surface area contributed by atoms with Crippen LogP contribution in [0.2, 0.25) is 0 Å². The molecule has 0 atom stereocenters. The predicted octanol–water partition coefficient (Wildman–Crippen LogP) is 2.03. The lowest BCUT2D eigenvalue weighted by Crippen LogP contribution is -2.17. The van der Waals surface area contributed by atoms with E-state index in [1.165, 1.54) is 11.3 Å². The van der Waals surface area contributed by atoms with Crippen molar-refractivity contribution in [1.29, 1.82) is 0 Å². The van der Waals surface area contributed by atoms with Crippen molar-refractivity contribution in [3.05, 3.63) is 28.5 Å². The molecule has 0 aliphatic heterocycles. The van der Waals surface area contributed by atoms with Crippen LogP contribution in [-0.2, 0) is 22.5 Å². The van der Waals surface area contributed by atoms with Crippen LogP contribution in [0.15, 0.2) is 11.4 Å². The number of anilines is 1. The number of hydrogen-bond donors (Lipinski definition) is 1. The minimum Gasteiger partial charge on any atom is -0.466 e. The van der Waals surface area contributed by atoms with Crippen LogP contribution in [0.5, 0.6) is 0 Å². The van der Waals surface area contributed by atoms with Crippen molar-refractivity contribution in [3.63, 3.8) is 0 Å². The number of carbonyl (C=O) groups is 2. The maximum Gasteiger partial charge on any atom is 0.311 e. The molecule has 0 aromatic carbocycles. The van der Waals surface area contributed by atoms with Crippen molar-refractivity contribution in [2.75, 3.05) is 11.9 Å². The van der Waals surface area contributed by atoms with Gasteiger partial charge in [-0.25, -0.2) is 4.98 Å². The molecule has 22 heavy (non-hydrogen) atoms. The molecule has 0 saturated heterocycles. The van der Waals surface area contributed by atoms with Crippen molar-refractivity contribution in [2.24, 2.45) is 0 Å². The molecule has 8 heteroatoms. The monoisotopic (exact) mass is 322 g/mol. The van der Waals surface area contributed by atoms with E-state index in [1.54, 1.807) is 23.1 Å². The van der Waals surface area contributed by atoms with E-state index < -0.39 is 0 Å². The molecule has 1 N–H and O–H groups in total. The highest BCUT2D eigenvalue weighted by Crippen LogP contribution is 2.17. The first-order valence-corrected chi connectivity index (χ1v) is 7.87. The van der Waals surface area contributed by atoms with Gasteiger partial charge in [0, 0.05) is 11.9 Å². The predicted molar refractivity (Wildman–Crippen MR) is 83.0 cm³/mol. The largest absolute Gasteiger partial charge is 0.466 e. The Morgan fingerprint density at radius 1 is 1.41 bits per heavy atom. The van der Waals surface area contributed by atoms with Crippen molar-refractivity contribution in [2.45, 2.75) is 33.7 Å². The molecule has 2 heterocycles. The molecule has 0 unspecified atom stereocenters. The Morgan fingerprint density at radius 2 is 2.18 bits per heavy atom. The molecule has 2 rings (SSSR count). The van der Waals surface area contributed by atoms with E-state index in [4.69, 9.17) is 4.74 Å². The number of amides is 1. The summed E-state index contributed by atoms with van der Waals surface area (Å²) in [6.45, 7) is 6.47. The number of carbonyl (C=O) groups excluding carboxylic acids is 2. The number of thiazole rings is 1. The first-order valence-electron chi connectivity index (χ1n) is 6.99. The Bertz CT molecular complexity index is 677. The summed E-state index contributed by atoms with van der Waals surface area (Å²) in [5.74, 6) is -0.593. The van der Waals surface area contributed by atoms with E-state index >= 15 is 0 Å². The first kappa shape index (κ1) is 16.2. The number of ether oxygens (including phenoxy) is 1. The van der Waals surface area contributed by atoms with Crippen molar-refractivity contribution in [1.82, 2.24) is 14.8 Å². The first-order chi connectivity index (χ1) is 10.5. The summed E-state index contributed by atoms with van der Waals surface area (Å²) in [5, 5.41) is 9.14. The van der Waals surface area contributed by atoms with E-state index in [0.717, 1.165) is 5.69 Å². The lowest BCUT2D eigenvalue weighted by atomic mass is 10.3. The molecule has 1 amide bonds. The SMILES string of the molecule is CCOC(=O)Cc1csc(NC(=O)c2cc(C)nn2CC)n1. The van der Waals surface area contributed by atoms with E-state index in [0.29, 0.717) is 29.7 Å². The van der Waals surface area contributed by atoms with Crippen molar-refractivity contribution < 1.29 is 14.3 Å². The summed E-state index contributed by atoms with van der Waals surface area (Å²) in [4.78, 5) is 27.9. The molecule has 0 radical (unpaired) electrons. The second-order valence-electron chi connectivity index (χ2n) is 4.57. The van der Waals surface area contributed by atoms with Gasteiger partial charge in [0.15, 0.2) is 5.13 Å². The molecule has 7 nitrogen and oxygen atoms in total. The number of nitrogens with zero attached hydrogens (tertiary/aromatic N) is 3. The molecule has 2 aromatic heterocycles. The van der Waals surface area contributed by atoms with Gasteiger partial charge in [-0.15, -0.1) is 11.3 Å². The summed E-state index contributed by atoms with van der Waals surface area (Å²) in [6.07, 6.45) is 0.103. The second kappa shape index (κ2) is 7.17. The Morgan fingerprint density at radius 3 is 2.86 bits per heavy atom. The fraction of sp³-hybridized carbons (Fsp3) is 0.429. The third kappa shape index (κ3) is 3.91. The molecule has 0 aliphatic rings. The fourth-order valence-electron chi connectivity index (χ4n) is 1.94. The van der Waals surface area contributed by atoms with Gasteiger partial charge >= 0.3 is 5.97 Å². The summed E-state index contributed by atoms with van der Waals surface area (Å²) in [6, 6.07) is 1.73. The van der Waals surface area contributed by atoms with Gasteiger partial charge in [-0.3, -0.25) is 19.6 Å². The molecule has 0 bridgehead atoms. The van der Waals surface area contributed by atoms with Gasteiger partial charge in [0.1, 0.15) is 5.69 Å². The Kier molecular flexibility index (Phi) is 5.26. The normalized spacial score (nSPS) is 10.5. The summed E-state index contributed by atoms with van der Waals surface area (Å²) in [7, 11) is 0. The molecular formula is C14H18N4O3S. The summed E-state index contributed by atoms with van der Waals surface area (Å²) in [5.41, 5.74) is 1.86. The van der Waals surface area contributed by atoms with Gasteiger partial charge in [0.2, 0.25) is 0 Å². The molecular weight excluding hydrogens is 304 g/mol. The molecule has 0 fully saturated rings. The highest BCUT2D eigenvalue weighted by molar-refractivity contribution is 7.14. The van der Waals surface area contributed by atoms with E-state index in [1.807, 2.05) is 13.8 Å². The van der Waals surface area contributed by atoms with Crippen LogP contribution in [0.1, 0.15) is 35.7 Å². The number of esters is 1. The molecule has 0 aliphatic carbocycles. The van der Waals surface area contributed by atoms with Crippen LogP contribution >= 0.6 is 11.3 Å². The second-order valence-corrected chi connectivity index (χ2v) is 5.42. The Labute approximate surface area is 132 Å². The van der Waals surface area contributed by atoms with Gasteiger partial charge in [-0.1, -0.05) is 0 Å². The molecule has 2 aromatic rings. The Hall–Kier alpha value is -2.22. The lowest BCUT2D eigenvalue weighted by Gasteiger charge is -2.03. The van der Waals surface area contributed by atoms with Gasteiger partial charge < -0.3 is 4.74 Å². The van der Waals surface area contributed by atoms with Crippen LogP contribution in [-0.4, -0.2) is 33.2 Å². The van der Waals surface area contributed by atoms with Gasteiger partial charge in [-0.2, -0.15) is 5.10 Å². The van der Waals surface area contributed by atoms with Crippen LogP contribution in [0.3, 0.4) is 0 Å². The topological polar surface area (TPSA) is 86.1 Å². The Balaban J connectivity index is 2.03. The maximum atomic E-state index is 12.2. The smallest absolute Gasteiger partial charge is 0.311 e. The van der Waals surface area contributed by atoms with E-state index in [9.17, 15) is 9.59 Å². The molecule has 0 saturated carbocycles.